The summed E-state index contributed by atoms with van der Waals surface area (Å²) in [6.07, 6.45) is 2.22. The van der Waals surface area contributed by atoms with Gasteiger partial charge in [-0.25, -0.2) is 12.4 Å². The maximum absolute atomic E-state index is 13.4. The van der Waals surface area contributed by atoms with Crippen molar-refractivity contribution in [3.63, 3.8) is 0 Å². The van der Waals surface area contributed by atoms with Crippen LogP contribution in [0.5, 0.6) is 0 Å². The number of aromatic nitrogens is 1. The Bertz CT molecular complexity index is 1270. The molecule has 0 N–H and O–H groups in total. The van der Waals surface area contributed by atoms with Crippen molar-refractivity contribution in [3.8, 4) is 0 Å². The lowest BCUT2D eigenvalue weighted by molar-refractivity contribution is -0.384. The van der Waals surface area contributed by atoms with Crippen LogP contribution in [0.25, 0.3) is 10.9 Å². The lowest BCUT2D eigenvalue weighted by Gasteiger charge is -2.37. The van der Waals surface area contributed by atoms with Crippen molar-refractivity contribution < 1.29 is 18.1 Å². The number of non-ortho nitro benzene ring substituents is 1. The van der Waals surface area contributed by atoms with Gasteiger partial charge in [-0.15, -0.1) is 0 Å². The Labute approximate surface area is 187 Å². The normalized spacial score (nSPS) is 17.7. The first-order chi connectivity index (χ1) is 14.7. The van der Waals surface area contributed by atoms with E-state index in [-0.39, 0.29) is 10.6 Å². The second kappa shape index (κ2) is 8.06. The highest BCUT2D eigenvalue weighted by atomic mass is 79.9. The predicted octanol–water partition coefficient (Wildman–Crippen LogP) is 2.99. The first kappa shape index (κ1) is 21.5. The average molecular weight is 507 g/mol. The van der Waals surface area contributed by atoms with Crippen molar-refractivity contribution in [2.45, 2.75) is 10.9 Å². The number of carbonyl (C=O) groups is 1. The summed E-state index contributed by atoms with van der Waals surface area (Å²) >= 11 is 3.30. The van der Waals surface area contributed by atoms with Crippen molar-refractivity contribution in [2.75, 3.05) is 26.7 Å². The van der Waals surface area contributed by atoms with Crippen LogP contribution in [0.15, 0.2) is 58.0 Å². The van der Waals surface area contributed by atoms with Crippen molar-refractivity contribution in [3.05, 3.63) is 68.8 Å². The smallest absolute Gasteiger partial charge is 0.270 e. The Hall–Kier alpha value is -2.76. The SMILES string of the molecule is CN1CCN(C=O)C(c2cn(S(=O)(=O)c3ccc(Br)cc3)c3ccc([N+](=O)[O-])cc23)C1. The summed E-state index contributed by atoms with van der Waals surface area (Å²) in [6.45, 7) is 1.65. The number of piperazine rings is 1. The van der Waals surface area contributed by atoms with Crippen LogP contribution >= 0.6 is 15.9 Å². The molecule has 1 aliphatic rings. The molecular weight excluding hydrogens is 488 g/mol. The van der Waals surface area contributed by atoms with Crippen LogP contribution in [0.2, 0.25) is 0 Å². The number of nitro groups is 1. The zero-order valence-corrected chi connectivity index (χ0v) is 18.9. The van der Waals surface area contributed by atoms with E-state index in [9.17, 15) is 23.3 Å². The van der Waals surface area contributed by atoms with Crippen molar-refractivity contribution in [1.29, 1.82) is 0 Å². The molecule has 162 valence electrons. The van der Waals surface area contributed by atoms with Crippen molar-refractivity contribution >= 4 is 49.0 Å². The molecular formula is C20H19BrN4O5S. The molecule has 1 saturated heterocycles. The molecule has 1 aliphatic heterocycles. The molecule has 1 amide bonds. The first-order valence-electron chi connectivity index (χ1n) is 9.42. The van der Waals surface area contributed by atoms with Gasteiger partial charge in [0.1, 0.15) is 0 Å². The van der Waals surface area contributed by atoms with E-state index in [0.29, 0.717) is 36.1 Å². The molecule has 3 aromatic rings. The van der Waals surface area contributed by atoms with Gasteiger partial charge in [-0.1, -0.05) is 15.9 Å². The zero-order valence-electron chi connectivity index (χ0n) is 16.5. The van der Waals surface area contributed by atoms with E-state index < -0.39 is 21.0 Å². The van der Waals surface area contributed by atoms with Gasteiger partial charge in [-0.2, -0.15) is 0 Å². The van der Waals surface area contributed by atoms with Gasteiger partial charge >= 0.3 is 0 Å². The van der Waals surface area contributed by atoms with E-state index in [1.54, 1.807) is 17.0 Å². The molecule has 0 radical (unpaired) electrons. The summed E-state index contributed by atoms with van der Waals surface area (Å²) < 4.78 is 28.7. The van der Waals surface area contributed by atoms with E-state index in [1.807, 2.05) is 11.9 Å². The van der Waals surface area contributed by atoms with Crippen LogP contribution in [-0.2, 0) is 14.8 Å². The quantitative estimate of drug-likeness (QED) is 0.299. The summed E-state index contributed by atoms with van der Waals surface area (Å²) in [6, 6.07) is 9.90. The minimum absolute atomic E-state index is 0.0884. The molecule has 1 atom stereocenters. The minimum atomic E-state index is -3.97. The van der Waals surface area contributed by atoms with Gasteiger partial charge in [0.25, 0.3) is 15.7 Å². The second-order valence-electron chi connectivity index (χ2n) is 7.42. The number of nitrogens with zero attached hydrogens (tertiary/aromatic N) is 4. The van der Waals surface area contributed by atoms with Crippen LogP contribution in [0.3, 0.4) is 0 Å². The average Bonchev–Trinajstić information content (AvgIpc) is 3.13. The van der Waals surface area contributed by atoms with Crippen LogP contribution < -0.4 is 0 Å². The maximum atomic E-state index is 13.4. The lowest BCUT2D eigenvalue weighted by Crippen LogP contribution is -2.46. The Morgan fingerprint density at radius 3 is 2.52 bits per heavy atom. The number of likely N-dealkylation sites (N-methyl/N-ethyl adjacent to an activating group) is 1. The number of hydrogen-bond donors (Lipinski definition) is 0. The molecule has 0 spiro atoms. The number of amides is 1. The third-order valence-corrected chi connectivity index (χ3v) is 7.70. The summed E-state index contributed by atoms with van der Waals surface area (Å²) in [7, 11) is -2.05. The highest BCUT2D eigenvalue weighted by molar-refractivity contribution is 9.10. The number of benzene rings is 2. The van der Waals surface area contributed by atoms with Gasteiger partial charge in [0, 0.05) is 53.4 Å². The summed E-state index contributed by atoms with van der Waals surface area (Å²) in [5.74, 6) is 0. The molecule has 1 aromatic heterocycles. The Morgan fingerprint density at radius 2 is 1.87 bits per heavy atom. The molecule has 4 rings (SSSR count). The fraction of sp³-hybridized carbons (Fsp3) is 0.250. The van der Waals surface area contributed by atoms with E-state index in [1.165, 1.54) is 36.5 Å². The monoisotopic (exact) mass is 506 g/mol. The summed E-state index contributed by atoms with van der Waals surface area (Å²) in [5, 5.41) is 11.8. The lowest BCUT2D eigenvalue weighted by atomic mass is 10.0. The standard InChI is InChI=1S/C20H19BrN4O5S/c1-22-8-9-23(13-26)20(12-22)18-11-24(19-7-4-15(25(27)28)10-17(18)19)31(29,30)16-5-2-14(21)3-6-16/h2-7,10-11,13,20H,8-9,12H2,1H3. The maximum Gasteiger partial charge on any atom is 0.270 e. The highest BCUT2D eigenvalue weighted by Gasteiger charge is 2.31. The fourth-order valence-corrected chi connectivity index (χ4v) is 5.49. The first-order valence-corrected chi connectivity index (χ1v) is 11.7. The van der Waals surface area contributed by atoms with E-state index in [0.717, 1.165) is 14.9 Å². The van der Waals surface area contributed by atoms with Gasteiger partial charge in [0.15, 0.2) is 0 Å². The molecule has 11 heteroatoms. The molecule has 1 fully saturated rings. The van der Waals surface area contributed by atoms with E-state index in [2.05, 4.69) is 15.9 Å². The number of fused-ring (bicyclic) bond motifs is 1. The summed E-state index contributed by atoms with van der Waals surface area (Å²) in [5.41, 5.74) is 0.731. The van der Waals surface area contributed by atoms with Crippen molar-refractivity contribution in [1.82, 2.24) is 13.8 Å². The predicted molar refractivity (Wildman–Crippen MR) is 118 cm³/mol. The number of rotatable bonds is 5. The summed E-state index contributed by atoms with van der Waals surface area (Å²) in [4.78, 5) is 26.3. The number of carbonyl (C=O) groups excluding carboxylic acids is 1. The van der Waals surface area contributed by atoms with Gasteiger partial charge in [-0.05, 0) is 37.4 Å². The molecule has 0 aliphatic carbocycles. The minimum Gasteiger partial charge on any atom is -0.336 e. The van der Waals surface area contributed by atoms with E-state index >= 15 is 0 Å². The van der Waals surface area contributed by atoms with Gasteiger partial charge in [0.05, 0.1) is 21.4 Å². The molecule has 2 heterocycles. The van der Waals surface area contributed by atoms with Crippen LogP contribution in [0.1, 0.15) is 11.6 Å². The molecule has 0 bridgehead atoms. The Balaban J connectivity index is 1.96. The second-order valence-corrected chi connectivity index (χ2v) is 10.1. The third kappa shape index (κ3) is 3.84. The molecule has 0 saturated carbocycles. The van der Waals surface area contributed by atoms with E-state index in [4.69, 9.17) is 0 Å². The molecule has 2 aromatic carbocycles. The van der Waals surface area contributed by atoms with Crippen molar-refractivity contribution in [2.24, 2.45) is 0 Å². The zero-order chi connectivity index (χ0) is 22.3. The number of halogens is 1. The van der Waals surface area contributed by atoms with Crippen LogP contribution in [0.4, 0.5) is 5.69 Å². The van der Waals surface area contributed by atoms with Crippen LogP contribution in [0, 0.1) is 10.1 Å². The van der Waals surface area contributed by atoms with Gasteiger partial charge in [-0.3, -0.25) is 14.9 Å². The number of hydrogen-bond acceptors (Lipinski definition) is 6. The fourth-order valence-electron chi connectivity index (χ4n) is 3.85. The largest absolute Gasteiger partial charge is 0.336 e. The highest BCUT2D eigenvalue weighted by Crippen LogP contribution is 2.35. The van der Waals surface area contributed by atoms with Gasteiger partial charge < -0.3 is 9.80 Å². The molecule has 9 nitrogen and oxygen atoms in total. The van der Waals surface area contributed by atoms with Crippen LogP contribution in [-0.4, -0.2) is 60.2 Å². The topological polar surface area (TPSA) is 106 Å². The van der Waals surface area contributed by atoms with Gasteiger partial charge in [0.2, 0.25) is 6.41 Å². The Morgan fingerprint density at radius 1 is 1.16 bits per heavy atom. The third-order valence-electron chi connectivity index (χ3n) is 5.49. The Kier molecular flexibility index (Phi) is 5.58. The number of nitro benzene ring substituents is 1. The molecule has 1 unspecified atom stereocenters. The molecule has 31 heavy (non-hydrogen) atoms.